The van der Waals surface area contributed by atoms with E-state index < -0.39 is 0 Å². The molecule has 2 heterocycles. The molecule has 0 amide bonds. The molecule has 0 spiro atoms. The molecular formula is C9H16N4. The van der Waals surface area contributed by atoms with Crippen LogP contribution in [0.2, 0.25) is 0 Å². The summed E-state index contributed by atoms with van der Waals surface area (Å²) in [6, 6.07) is 1.22. The minimum absolute atomic E-state index is 0.550. The Bertz CT molecular complexity index is 236. The van der Waals surface area contributed by atoms with Crippen molar-refractivity contribution in [3.05, 3.63) is 12.4 Å². The zero-order valence-corrected chi connectivity index (χ0v) is 7.88. The minimum Gasteiger partial charge on any atom is -0.379 e. The van der Waals surface area contributed by atoms with Gasteiger partial charge in [-0.05, 0) is 19.8 Å². The summed E-state index contributed by atoms with van der Waals surface area (Å²) in [5, 5.41) is 13.6. The highest BCUT2D eigenvalue weighted by molar-refractivity contribution is 5.38. The average molecular weight is 180 g/mol. The molecular weight excluding hydrogens is 164 g/mol. The SMILES string of the molecule is CC1CCC(Nc2cn[nH]c2)CN1. The molecule has 1 aliphatic rings. The van der Waals surface area contributed by atoms with Crippen LogP contribution in [0.5, 0.6) is 0 Å². The zero-order valence-electron chi connectivity index (χ0n) is 7.88. The van der Waals surface area contributed by atoms with Crippen LogP contribution in [0.3, 0.4) is 0 Å². The molecule has 0 radical (unpaired) electrons. The van der Waals surface area contributed by atoms with Crippen LogP contribution in [0.15, 0.2) is 12.4 Å². The number of hydrogen-bond acceptors (Lipinski definition) is 3. The van der Waals surface area contributed by atoms with Gasteiger partial charge < -0.3 is 10.6 Å². The Morgan fingerprint density at radius 1 is 1.54 bits per heavy atom. The fraction of sp³-hybridized carbons (Fsp3) is 0.667. The summed E-state index contributed by atoms with van der Waals surface area (Å²) in [7, 11) is 0. The molecule has 72 valence electrons. The molecule has 4 heteroatoms. The molecule has 3 N–H and O–H groups in total. The highest BCUT2D eigenvalue weighted by Gasteiger charge is 2.16. The summed E-state index contributed by atoms with van der Waals surface area (Å²) in [6.45, 7) is 3.28. The van der Waals surface area contributed by atoms with E-state index in [4.69, 9.17) is 0 Å². The minimum atomic E-state index is 0.550. The van der Waals surface area contributed by atoms with Gasteiger partial charge in [-0.1, -0.05) is 0 Å². The molecule has 2 unspecified atom stereocenters. The second-order valence-electron chi connectivity index (χ2n) is 3.71. The lowest BCUT2D eigenvalue weighted by Crippen LogP contribution is -2.43. The molecule has 0 aliphatic carbocycles. The molecule has 13 heavy (non-hydrogen) atoms. The molecule has 1 fully saturated rings. The summed E-state index contributed by atoms with van der Waals surface area (Å²) in [4.78, 5) is 0. The first-order chi connectivity index (χ1) is 6.34. The Labute approximate surface area is 78.1 Å². The lowest BCUT2D eigenvalue weighted by Gasteiger charge is -2.28. The van der Waals surface area contributed by atoms with Gasteiger partial charge in [-0.2, -0.15) is 5.10 Å². The number of aromatic amines is 1. The smallest absolute Gasteiger partial charge is 0.0726 e. The van der Waals surface area contributed by atoms with Crippen LogP contribution < -0.4 is 10.6 Å². The number of aromatic nitrogens is 2. The predicted octanol–water partition coefficient (Wildman–Crippen LogP) is 0.962. The number of nitrogens with zero attached hydrogens (tertiary/aromatic N) is 1. The van der Waals surface area contributed by atoms with Gasteiger partial charge in [-0.25, -0.2) is 0 Å². The summed E-state index contributed by atoms with van der Waals surface area (Å²) in [5.74, 6) is 0. The van der Waals surface area contributed by atoms with Gasteiger partial charge in [0.05, 0.1) is 11.9 Å². The third kappa shape index (κ3) is 2.21. The summed E-state index contributed by atoms with van der Waals surface area (Å²) >= 11 is 0. The second kappa shape index (κ2) is 3.79. The molecule has 0 bridgehead atoms. The topological polar surface area (TPSA) is 52.7 Å². The van der Waals surface area contributed by atoms with Crippen LogP contribution in [-0.2, 0) is 0 Å². The van der Waals surface area contributed by atoms with E-state index in [1.54, 1.807) is 0 Å². The third-order valence-electron chi connectivity index (χ3n) is 2.53. The van der Waals surface area contributed by atoms with Crippen molar-refractivity contribution in [1.29, 1.82) is 0 Å². The van der Waals surface area contributed by atoms with Gasteiger partial charge in [0.15, 0.2) is 0 Å². The second-order valence-corrected chi connectivity index (χ2v) is 3.71. The Balaban J connectivity index is 1.83. The Kier molecular flexibility index (Phi) is 2.49. The zero-order chi connectivity index (χ0) is 9.10. The van der Waals surface area contributed by atoms with E-state index in [2.05, 4.69) is 27.8 Å². The van der Waals surface area contributed by atoms with Crippen molar-refractivity contribution in [2.45, 2.75) is 31.8 Å². The molecule has 1 aromatic heterocycles. The Morgan fingerprint density at radius 2 is 2.46 bits per heavy atom. The van der Waals surface area contributed by atoms with Gasteiger partial charge in [0.1, 0.15) is 0 Å². The van der Waals surface area contributed by atoms with E-state index in [0.29, 0.717) is 12.1 Å². The number of nitrogens with one attached hydrogen (secondary N) is 3. The number of piperidine rings is 1. The van der Waals surface area contributed by atoms with Crippen molar-refractivity contribution in [3.63, 3.8) is 0 Å². The highest BCUT2D eigenvalue weighted by atomic mass is 15.1. The van der Waals surface area contributed by atoms with E-state index in [1.807, 2.05) is 12.4 Å². The number of anilines is 1. The maximum atomic E-state index is 3.89. The molecule has 2 rings (SSSR count). The van der Waals surface area contributed by atoms with Crippen LogP contribution in [0.25, 0.3) is 0 Å². The van der Waals surface area contributed by atoms with Gasteiger partial charge in [0, 0.05) is 24.8 Å². The van der Waals surface area contributed by atoms with Crippen LogP contribution >= 0.6 is 0 Å². The monoisotopic (exact) mass is 180 g/mol. The van der Waals surface area contributed by atoms with Crippen LogP contribution in [0, 0.1) is 0 Å². The lowest BCUT2D eigenvalue weighted by molar-refractivity contribution is 0.399. The first-order valence-corrected chi connectivity index (χ1v) is 4.83. The van der Waals surface area contributed by atoms with Crippen molar-refractivity contribution >= 4 is 5.69 Å². The number of hydrogen-bond donors (Lipinski definition) is 3. The maximum absolute atomic E-state index is 3.89. The number of rotatable bonds is 2. The van der Waals surface area contributed by atoms with Crippen molar-refractivity contribution in [1.82, 2.24) is 15.5 Å². The quantitative estimate of drug-likeness (QED) is 0.635. The highest BCUT2D eigenvalue weighted by Crippen LogP contribution is 2.12. The largest absolute Gasteiger partial charge is 0.379 e. The van der Waals surface area contributed by atoms with E-state index >= 15 is 0 Å². The molecule has 0 saturated carbocycles. The van der Waals surface area contributed by atoms with E-state index in [9.17, 15) is 0 Å². The van der Waals surface area contributed by atoms with Crippen molar-refractivity contribution in [3.8, 4) is 0 Å². The van der Waals surface area contributed by atoms with Crippen molar-refractivity contribution in [2.24, 2.45) is 0 Å². The van der Waals surface area contributed by atoms with Crippen molar-refractivity contribution < 1.29 is 0 Å². The van der Waals surface area contributed by atoms with E-state index in [0.717, 1.165) is 12.2 Å². The van der Waals surface area contributed by atoms with Gasteiger partial charge in [-0.15, -0.1) is 0 Å². The number of H-pyrrole nitrogens is 1. The summed E-state index contributed by atoms with van der Waals surface area (Å²) in [5.41, 5.74) is 1.08. The molecule has 1 saturated heterocycles. The van der Waals surface area contributed by atoms with Crippen LogP contribution in [0.4, 0.5) is 5.69 Å². The standard InChI is InChI=1S/C9H16N4/c1-7-2-3-8(4-10-7)13-9-5-11-12-6-9/h5-8,10,13H,2-4H2,1H3,(H,11,12). The van der Waals surface area contributed by atoms with E-state index in [-0.39, 0.29) is 0 Å². The molecule has 1 aliphatic heterocycles. The predicted molar refractivity (Wildman–Crippen MR) is 52.7 cm³/mol. The summed E-state index contributed by atoms with van der Waals surface area (Å²) in [6.07, 6.45) is 6.19. The Morgan fingerprint density at radius 3 is 3.08 bits per heavy atom. The average Bonchev–Trinajstić information content (AvgIpc) is 2.62. The van der Waals surface area contributed by atoms with Crippen LogP contribution in [-0.4, -0.2) is 28.8 Å². The molecule has 4 nitrogen and oxygen atoms in total. The fourth-order valence-corrected chi connectivity index (χ4v) is 1.69. The van der Waals surface area contributed by atoms with Crippen molar-refractivity contribution in [2.75, 3.05) is 11.9 Å². The first-order valence-electron chi connectivity index (χ1n) is 4.83. The summed E-state index contributed by atoms with van der Waals surface area (Å²) < 4.78 is 0. The maximum Gasteiger partial charge on any atom is 0.0726 e. The molecule has 1 aromatic rings. The normalized spacial score (nSPS) is 28.7. The molecule has 0 aromatic carbocycles. The van der Waals surface area contributed by atoms with E-state index in [1.165, 1.54) is 12.8 Å². The molecule has 2 atom stereocenters. The van der Waals surface area contributed by atoms with Crippen LogP contribution in [0.1, 0.15) is 19.8 Å². The van der Waals surface area contributed by atoms with Gasteiger partial charge in [0.2, 0.25) is 0 Å². The Hall–Kier alpha value is -1.03. The third-order valence-corrected chi connectivity index (χ3v) is 2.53. The van der Waals surface area contributed by atoms with Gasteiger partial charge in [-0.3, -0.25) is 5.10 Å². The van der Waals surface area contributed by atoms with Gasteiger partial charge >= 0.3 is 0 Å². The first kappa shape index (κ1) is 8.56. The van der Waals surface area contributed by atoms with Gasteiger partial charge in [0.25, 0.3) is 0 Å². The fourth-order valence-electron chi connectivity index (χ4n) is 1.69. The lowest BCUT2D eigenvalue weighted by atomic mass is 10.0.